The molecular weight excluding hydrogens is 367 g/mol. The molecule has 2 aromatic carbocycles. The number of carboxylic acids is 1. The average molecular weight is 391 g/mol. The van der Waals surface area contributed by atoms with Crippen molar-refractivity contribution in [3.8, 4) is 0 Å². The van der Waals surface area contributed by atoms with Crippen molar-refractivity contribution in [3.05, 3.63) is 70.5 Å². The summed E-state index contributed by atoms with van der Waals surface area (Å²) in [7, 11) is 0. The standard InChI is InChI=1S/C21H24ClFN2O2/c22-18-7-4-8-19(23)17(18)14-25-11-9-16(10-12-25)24-20(21(26)27)13-15-5-2-1-3-6-15/h1-8,16,20,24H,9-14H2,(H,26,27)/t20-/m0/s1. The molecule has 0 amide bonds. The van der Waals surface area contributed by atoms with E-state index in [1.54, 1.807) is 12.1 Å². The molecule has 1 heterocycles. The largest absolute Gasteiger partial charge is 0.480 e. The Hall–Kier alpha value is -1.95. The van der Waals surface area contributed by atoms with Gasteiger partial charge in [0, 0.05) is 23.2 Å². The highest BCUT2D eigenvalue weighted by atomic mass is 35.5. The zero-order chi connectivity index (χ0) is 19.2. The molecule has 0 unspecified atom stereocenters. The van der Waals surface area contributed by atoms with Gasteiger partial charge in [-0.3, -0.25) is 9.69 Å². The Kier molecular flexibility index (Phi) is 6.83. The summed E-state index contributed by atoms with van der Waals surface area (Å²) in [5.74, 6) is -1.11. The van der Waals surface area contributed by atoms with Crippen LogP contribution >= 0.6 is 11.6 Å². The Morgan fingerprint density at radius 2 is 1.89 bits per heavy atom. The highest BCUT2D eigenvalue weighted by Gasteiger charge is 2.26. The van der Waals surface area contributed by atoms with Gasteiger partial charge in [-0.15, -0.1) is 0 Å². The summed E-state index contributed by atoms with van der Waals surface area (Å²) < 4.78 is 14.0. The highest BCUT2D eigenvalue weighted by Crippen LogP contribution is 2.23. The van der Waals surface area contributed by atoms with Crippen LogP contribution in [0.3, 0.4) is 0 Å². The quantitative estimate of drug-likeness (QED) is 0.756. The number of aliphatic carboxylic acids is 1. The first-order chi connectivity index (χ1) is 13.0. The van der Waals surface area contributed by atoms with Gasteiger partial charge in [0.1, 0.15) is 11.9 Å². The Labute approximate surface area is 164 Å². The van der Waals surface area contributed by atoms with Crippen molar-refractivity contribution in [3.63, 3.8) is 0 Å². The lowest BCUT2D eigenvalue weighted by molar-refractivity contribution is -0.139. The summed E-state index contributed by atoms with van der Waals surface area (Å²) in [6.45, 7) is 2.03. The minimum Gasteiger partial charge on any atom is -0.480 e. The lowest BCUT2D eigenvalue weighted by atomic mass is 10.00. The van der Waals surface area contributed by atoms with Gasteiger partial charge in [-0.1, -0.05) is 48.0 Å². The van der Waals surface area contributed by atoms with Crippen molar-refractivity contribution in [1.82, 2.24) is 10.2 Å². The number of rotatable bonds is 7. The maximum atomic E-state index is 14.0. The number of halogens is 2. The molecule has 144 valence electrons. The number of carbonyl (C=O) groups is 1. The summed E-state index contributed by atoms with van der Waals surface area (Å²) in [5.41, 5.74) is 1.53. The molecule has 3 rings (SSSR count). The van der Waals surface area contributed by atoms with Crippen LogP contribution < -0.4 is 5.32 Å². The third kappa shape index (κ3) is 5.51. The normalized spacial score (nSPS) is 17.0. The van der Waals surface area contributed by atoms with Crippen LogP contribution in [0.1, 0.15) is 24.0 Å². The van der Waals surface area contributed by atoms with Crippen LogP contribution in [0.2, 0.25) is 5.02 Å². The van der Waals surface area contributed by atoms with Crippen molar-refractivity contribution in [2.45, 2.75) is 37.9 Å². The van der Waals surface area contributed by atoms with Crippen molar-refractivity contribution in [1.29, 1.82) is 0 Å². The third-order valence-corrected chi connectivity index (χ3v) is 5.40. The summed E-state index contributed by atoms with van der Waals surface area (Å²) in [6, 6.07) is 13.9. The summed E-state index contributed by atoms with van der Waals surface area (Å²) in [4.78, 5) is 13.8. The molecule has 1 fully saturated rings. The van der Waals surface area contributed by atoms with E-state index in [1.165, 1.54) is 6.07 Å². The van der Waals surface area contributed by atoms with Gasteiger partial charge in [0.05, 0.1) is 0 Å². The Balaban J connectivity index is 1.53. The van der Waals surface area contributed by atoms with Gasteiger partial charge in [-0.05, 0) is 50.0 Å². The van der Waals surface area contributed by atoms with Crippen LogP contribution in [0.5, 0.6) is 0 Å². The average Bonchev–Trinajstić information content (AvgIpc) is 2.66. The van der Waals surface area contributed by atoms with E-state index >= 15 is 0 Å². The van der Waals surface area contributed by atoms with Crippen molar-refractivity contribution >= 4 is 17.6 Å². The molecule has 1 atom stereocenters. The minimum atomic E-state index is -0.834. The van der Waals surface area contributed by atoms with Crippen LogP contribution in [0.25, 0.3) is 0 Å². The molecule has 0 saturated carbocycles. The fourth-order valence-corrected chi connectivity index (χ4v) is 3.74. The molecule has 0 aliphatic carbocycles. The van der Waals surface area contributed by atoms with Gasteiger partial charge in [-0.25, -0.2) is 4.39 Å². The van der Waals surface area contributed by atoms with Crippen LogP contribution in [0, 0.1) is 5.82 Å². The topological polar surface area (TPSA) is 52.6 Å². The zero-order valence-corrected chi connectivity index (χ0v) is 15.8. The molecule has 0 radical (unpaired) electrons. The molecule has 2 N–H and O–H groups in total. The number of piperidine rings is 1. The number of benzene rings is 2. The summed E-state index contributed by atoms with van der Waals surface area (Å²) in [5, 5.41) is 13.3. The summed E-state index contributed by atoms with van der Waals surface area (Å²) in [6.07, 6.45) is 2.11. The van der Waals surface area contributed by atoms with Gasteiger partial charge >= 0.3 is 5.97 Å². The van der Waals surface area contributed by atoms with E-state index in [0.29, 0.717) is 23.6 Å². The molecule has 27 heavy (non-hydrogen) atoms. The first-order valence-corrected chi connectivity index (χ1v) is 9.58. The second-order valence-electron chi connectivity index (χ2n) is 7.00. The first kappa shape index (κ1) is 19.8. The van der Waals surface area contributed by atoms with Crippen LogP contribution in [0.4, 0.5) is 4.39 Å². The van der Waals surface area contributed by atoms with Gasteiger partial charge in [0.25, 0.3) is 0 Å². The number of hydrogen-bond acceptors (Lipinski definition) is 3. The molecular formula is C21H24ClFN2O2. The van der Waals surface area contributed by atoms with E-state index in [4.69, 9.17) is 11.6 Å². The molecule has 0 spiro atoms. The van der Waals surface area contributed by atoms with E-state index in [1.807, 2.05) is 30.3 Å². The predicted octanol–water partition coefficient (Wildman–Crippen LogP) is 3.73. The van der Waals surface area contributed by atoms with Crippen molar-refractivity contribution in [2.75, 3.05) is 13.1 Å². The van der Waals surface area contributed by atoms with Crippen LogP contribution in [0.15, 0.2) is 48.5 Å². The Morgan fingerprint density at radius 3 is 2.52 bits per heavy atom. The van der Waals surface area contributed by atoms with Gasteiger partial charge < -0.3 is 10.4 Å². The van der Waals surface area contributed by atoms with Gasteiger partial charge in [0.15, 0.2) is 0 Å². The monoisotopic (exact) mass is 390 g/mol. The Bertz CT molecular complexity index is 744. The third-order valence-electron chi connectivity index (χ3n) is 5.05. The molecule has 1 aliphatic rings. The summed E-state index contributed by atoms with van der Waals surface area (Å²) >= 11 is 6.11. The molecule has 6 heteroatoms. The first-order valence-electron chi connectivity index (χ1n) is 9.21. The molecule has 2 aromatic rings. The maximum absolute atomic E-state index is 14.0. The Morgan fingerprint density at radius 1 is 1.19 bits per heavy atom. The van der Waals surface area contributed by atoms with Crippen molar-refractivity contribution < 1.29 is 14.3 Å². The fraction of sp³-hybridized carbons (Fsp3) is 0.381. The van der Waals surface area contributed by atoms with E-state index in [0.717, 1.165) is 31.5 Å². The predicted molar refractivity (Wildman–Crippen MR) is 104 cm³/mol. The van der Waals surface area contributed by atoms with Gasteiger partial charge in [-0.2, -0.15) is 0 Å². The zero-order valence-electron chi connectivity index (χ0n) is 15.1. The number of nitrogens with one attached hydrogen (secondary N) is 1. The lowest BCUT2D eigenvalue weighted by Crippen LogP contribution is -2.49. The molecule has 0 bridgehead atoms. The highest BCUT2D eigenvalue weighted by molar-refractivity contribution is 6.31. The fourth-order valence-electron chi connectivity index (χ4n) is 3.52. The maximum Gasteiger partial charge on any atom is 0.321 e. The van der Waals surface area contributed by atoms with E-state index in [2.05, 4.69) is 10.2 Å². The molecule has 0 aromatic heterocycles. The lowest BCUT2D eigenvalue weighted by Gasteiger charge is -2.34. The minimum absolute atomic E-state index is 0.141. The molecule has 4 nitrogen and oxygen atoms in total. The van der Waals surface area contributed by atoms with E-state index in [9.17, 15) is 14.3 Å². The van der Waals surface area contributed by atoms with Crippen molar-refractivity contribution in [2.24, 2.45) is 0 Å². The smallest absolute Gasteiger partial charge is 0.321 e. The number of hydrogen-bond donors (Lipinski definition) is 2. The second-order valence-corrected chi connectivity index (χ2v) is 7.41. The van der Waals surface area contributed by atoms with E-state index < -0.39 is 12.0 Å². The van der Waals surface area contributed by atoms with E-state index in [-0.39, 0.29) is 11.9 Å². The van der Waals surface area contributed by atoms with Crippen LogP contribution in [-0.2, 0) is 17.8 Å². The van der Waals surface area contributed by atoms with Crippen LogP contribution in [-0.4, -0.2) is 41.1 Å². The second kappa shape index (κ2) is 9.31. The number of carboxylic acid groups (broad SMARTS) is 1. The molecule has 1 aliphatic heterocycles. The molecule has 1 saturated heterocycles. The SMILES string of the molecule is O=C(O)[C@H](Cc1ccccc1)NC1CCN(Cc2c(F)cccc2Cl)CC1. The number of likely N-dealkylation sites (tertiary alicyclic amines) is 1. The van der Waals surface area contributed by atoms with Gasteiger partial charge in [0.2, 0.25) is 0 Å². The number of nitrogens with zero attached hydrogens (tertiary/aromatic N) is 1.